The Kier molecular flexibility index (Phi) is 5.00. The van der Waals surface area contributed by atoms with Gasteiger partial charge < -0.3 is 20.5 Å². The van der Waals surface area contributed by atoms with Crippen LogP contribution < -0.4 is 11.1 Å². The third kappa shape index (κ3) is 3.34. The Morgan fingerprint density at radius 3 is 2.16 bits per heavy atom. The molecule has 0 fully saturated rings. The topological polar surface area (TPSA) is 90.6 Å². The van der Waals surface area contributed by atoms with Gasteiger partial charge in [0, 0.05) is 12.5 Å². The minimum absolute atomic E-state index is 0.0346. The predicted molar refractivity (Wildman–Crippen MR) is 93.1 cm³/mol. The van der Waals surface area contributed by atoms with Gasteiger partial charge in [0.25, 0.3) is 0 Å². The van der Waals surface area contributed by atoms with Gasteiger partial charge in [-0.2, -0.15) is 0 Å². The summed E-state index contributed by atoms with van der Waals surface area (Å²) in [5.74, 6) is -0.636. The summed E-state index contributed by atoms with van der Waals surface area (Å²) < 4.78 is 9.94. The molecule has 6 heteroatoms. The van der Waals surface area contributed by atoms with E-state index in [2.05, 4.69) is 22.2 Å². The third-order valence-corrected chi connectivity index (χ3v) is 4.36. The Bertz CT molecular complexity index is 745. The first-order valence-corrected chi connectivity index (χ1v) is 8.05. The fraction of sp³-hybridized carbons (Fsp3) is 0.263. The maximum absolute atomic E-state index is 12.0. The second kappa shape index (κ2) is 7.36. The van der Waals surface area contributed by atoms with Crippen molar-refractivity contribution in [2.45, 2.75) is 12.0 Å². The lowest BCUT2D eigenvalue weighted by atomic mass is 9.98. The van der Waals surface area contributed by atoms with Crippen LogP contribution in [0.4, 0.5) is 4.79 Å². The van der Waals surface area contributed by atoms with Crippen LogP contribution in [0.3, 0.4) is 0 Å². The molecule has 0 spiro atoms. The molecule has 0 bridgehead atoms. The number of esters is 1. The van der Waals surface area contributed by atoms with Crippen LogP contribution in [0.1, 0.15) is 17.0 Å². The molecular formula is C19H20N2O4. The summed E-state index contributed by atoms with van der Waals surface area (Å²) in [6.45, 7) is 0.120. The molecule has 1 aliphatic carbocycles. The second-order valence-electron chi connectivity index (χ2n) is 5.78. The van der Waals surface area contributed by atoms with Crippen LogP contribution in [0.25, 0.3) is 11.1 Å². The van der Waals surface area contributed by atoms with Crippen molar-refractivity contribution in [1.82, 2.24) is 5.32 Å². The van der Waals surface area contributed by atoms with Gasteiger partial charge in [-0.25, -0.2) is 9.59 Å². The minimum Gasteiger partial charge on any atom is -0.467 e. The molecule has 0 heterocycles. The van der Waals surface area contributed by atoms with Crippen molar-refractivity contribution in [2.24, 2.45) is 5.73 Å². The molecule has 0 unspecified atom stereocenters. The summed E-state index contributed by atoms with van der Waals surface area (Å²) in [5, 5.41) is 2.43. The normalized spacial score (nSPS) is 13.5. The van der Waals surface area contributed by atoms with Gasteiger partial charge in [0.05, 0.1) is 7.11 Å². The van der Waals surface area contributed by atoms with Crippen LogP contribution in [0, 0.1) is 0 Å². The summed E-state index contributed by atoms with van der Waals surface area (Å²) >= 11 is 0. The van der Waals surface area contributed by atoms with Gasteiger partial charge in [-0.3, -0.25) is 0 Å². The van der Waals surface area contributed by atoms with Crippen molar-refractivity contribution in [3.63, 3.8) is 0 Å². The number of hydrogen-bond donors (Lipinski definition) is 2. The number of hydrogen-bond acceptors (Lipinski definition) is 5. The highest BCUT2D eigenvalue weighted by molar-refractivity contribution is 5.82. The fourth-order valence-electron chi connectivity index (χ4n) is 3.14. The number of nitrogens with two attached hydrogens (primary N) is 1. The van der Waals surface area contributed by atoms with E-state index in [9.17, 15) is 9.59 Å². The third-order valence-electron chi connectivity index (χ3n) is 4.36. The number of fused-ring (bicyclic) bond motifs is 3. The zero-order valence-corrected chi connectivity index (χ0v) is 13.9. The van der Waals surface area contributed by atoms with E-state index in [1.54, 1.807) is 0 Å². The SMILES string of the molecule is COC(=O)[C@H](CN)NC(=O)OCC1c2ccccc2-c2ccccc21. The number of nitrogens with one attached hydrogen (secondary N) is 1. The maximum Gasteiger partial charge on any atom is 0.407 e. The number of carbonyl (C=O) groups is 2. The van der Waals surface area contributed by atoms with Crippen LogP contribution in [0.15, 0.2) is 48.5 Å². The standard InChI is InChI=1S/C19H20N2O4/c1-24-18(22)17(10-20)21-19(23)25-11-16-14-8-4-2-6-12(14)13-7-3-5-9-15(13)16/h2-9,16-17H,10-11,20H2,1H3,(H,21,23)/t17-/m0/s1. The van der Waals surface area contributed by atoms with Crippen LogP contribution in [0.2, 0.25) is 0 Å². The quantitative estimate of drug-likeness (QED) is 0.813. The van der Waals surface area contributed by atoms with Gasteiger partial charge in [0.15, 0.2) is 0 Å². The van der Waals surface area contributed by atoms with Crippen molar-refractivity contribution in [3.05, 3.63) is 59.7 Å². The van der Waals surface area contributed by atoms with Crippen LogP contribution >= 0.6 is 0 Å². The van der Waals surface area contributed by atoms with E-state index in [1.165, 1.54) is 7.11 Å². The molecule has 2 aromatic carbocycles. The predicted octanol–water partition coefficient (Wildman–Crippen LogP) is 2.03. The Morgan fingerprint density at radius 1 is 1.08 bits per heavy atom. The second-order valence-corrected chi connectivity index (χ2v) is 5.78. The monoisotopic (exact) mass is 340 g/mol. The Balaban J connectivity index is 1.71. The van der Waals surface area contributed by atoms with Gasteiger partial charge in [-0.15, -0.1) is 0 Å². The molecule has 25 heavy (non-hydrogen) atoms. The number of benzene rings is 2. The minimum atomic E-state index is -0.916. The van der Waals surface area contributed by atoms with E-state index in [-0.39, 0.29) is 19.1 Å². The number of ether oxygens (including phenoxy) is 2. The number of amides is 1. The molecule has 0 aromatic heterocycles. The van der Waals surface area contributed by atoms with E-state index in [4.69, 9.17) is 10.5 Å². The maximum atomic E-state index is 12.0. The summed E-state index contributed by atoms with van der Waals surface area (Å²) in [6, 6.07) is 15.2. The van der Waals surface area contributed by atoms with Gasteiger partial charge in [0.1, 0.15) is 12.6 Å². The average molecular weight is 340 g/mol. The Morgan fingerprint density at radius 2 is 1.64 bits per heavy atom. The van der Waals surface area contributed by atoms with E-state index in [0.29, 0.717) is 0 Å². The first-order valence-electron chi connectivity index (χ1n) is 8.05. The average Bonchev–Trinajstić information content (AvgIpc) is 2.98. The van der Waals surface area contributed by atoms with Crippen LogP contribution in [0.5, 0.6) is 0 Å². The van der Waals surface area contributed by atoms with Gasteiger partial charge >= 0.3 is 12.1 Å². The van der Waals surface area contributed by atoms with Gasteiger partial charge in [0.2, 0.25) is 0 Å². The fourth-order valence-corrected chi connectivity index (χ4v) is 3.14. The van der Waals surface area contributed by atoms with Crippen LogP contribution in [-0.4, -0.2) is 38.4 Å². The summed E-state index contributed by atoms with van der Waals surface area (Å²) in [5.41, 5.74) is 10.0. The largest absolute Gasteiger partial charge is 0.467 e. The molecule has 0 aliphatic heterocycles. The molecule has 3 N–H and O–H groups in total. The number of rotatable bonds is 5. The van der Waals surface area contributed by atoms with E-state index < -0.39 is 18.1 Å². The number of carbonyl (C=O) groups excluding carboxylic acids is 2. The molecule has 0 saturated carbocycles. The molecule has 6 nitrogen and oxygen atoms in total. The lowest BCUT2D eigenvalue weighted by Gasteiger charge is -2.17. The lowest BCUT2D eigenvalue weighted by Crippen LogP contribution is -2.46. The van der Waals surface area contributed by atoms with Crippen molar-refractivity contribution in [3.8, 4) is 11.1 Å². The lowest BCUT2D eigenvalue weighted by molar-refractivity contribution is -0.142. The molecule has 0 saturated heterocycles. The molecule has 130 valence electrons. The van der Waals surface area contributed by atoms with E-state index in [0.717, 1.165) is 22.3 Å². The molecule has 1 atom stereocenters. The molecular weight excluding hydrogens is 320 g/mol. The number of methoxy groups -OCH3 is 1. The van der Waals surface area contributed by atoms with Crippen LogP contribution in [-0.2, 0) is 14.3 Å². The van der Waals surface area contributed by atoms with E-state index in [1.807, 2.05) is 36.4 Å². The number of alkyl carbamates (subject to hydrolysis) is 1. The summed E-state index contributed by atoms with van der Waals surface area (Å²) in [7, 11) is 1.24. The smallest absolute Gasteiger partial charge is 0.407 e. The van der Waals surface area contributed by atoms with E-state index >= 15 is 0 Å². The Hall–Kier alpha value is -2.86. The molecule has 2 aromatic rings. The first-order chi connectivity index (χ1) is 12.2. The van der Waals surface area contributed by atoms with Gasteiger partial charge in [-0.1, -0.05) is 48.5 Å². The van der Waals surface area contributed by atoms with Gasteiger partial charge in [-0.05, 0) is 22.3 Å². The van der Waals surface area contributed by atoms with Crippen molar-refractivity contribution in [1.29, 1.82) is 0 Å². The molecule has 1 aliphatic rings. The molecule has 3 rings (SSSR count). The summed E-state index contributed by atoms with van der Waals surface area (Å²) in [6.07, 6.45) is -0.692. The zero-order chi connectivity index (χ0) is 17.8. The highest BCUT2D eigenvalue weighted by Gasteiger charge is 2.29. The molecule has 1 amide bonds. The first kappa shape index (κ1) is 17.0. The van der Waals surface area contributed by atoms with Crippen molar-refractivity contribution < 1.29 is 19.1 Å². The highest BCUT2D eigenvalue weighted by atomic mass is 16.6. The summed E-state index contributed by atoms with van der Waals surface area (Å²) in [4.78, 5) is 23.5. The Labute approximate surface area is 145 Å². The van der Waals surface area contributed by atoms with Crippen molar-refractivity contribution >= 4 is 12.1 Å². The zero-order valence-electron chi connectivity index (χ0n) is 13.9. The van der Waals surface area contributed by atoms with Crippen molar-refractivity contribution in [2.75, 3.05) is 20.3 Å². The highest BCUT2D eigenvalue weighted by Crippen LogP contribution is 2.44. The molecule has 0 radical (unpaired) electrons.